The third-order valence-electron chi connectivity index (χ3n) is 6.52. The van der Waals surface area contributed by atoms with Gasteiger partial charge in [-0.05, 0) is 44.4 Å². The second kappa shape index (κ2) is 8.64. The van der Waals surface area contributed by atoms with Crippen molar-refractivity contribution in [2.45, 2.75) is 56.7 Å². The summed E-state index contributed by atoms with van der Waals surface area (Å²) in [4.78, 5) is 45.8. The number of aliphatic hydroxyl groups excluding tert-OH is 1. The number of carbonyl (C=O) groups is 1. The lowest BCUT2D eigenvalue weighted by Crippen LogP contribution is -2.55. The molecular weight excluding hydrogens is 471 g/mol. The van der Waals surface area contributed by atoms with Crippen molar-refractivity contribution in [3.63, 3.8) is 0 Å². The lowest BCUT2D eigenvalue weighted by atomic mass is 9.79. The lowest BCUT2D eigenvalue weighted by Gasteiger charge is -2.43. The number of alkyl halides is 3. The molecule has 0 bridgehead atoms. The summed E-state index contributed by atoms with van der Waals surface area (Å²) in [5.41, 5.74) is -2.35. The number of fused-ring (bicyclic) bond motifs is 1. The first-order chi connectivity index (χ1) is 16.3. The van der Waals surface area contributed by atoms with Crippen LogP contribution in [0.2, 0.25) is 0 Å². The highest BCUT2D eigenvalue weighted by Gasteiger charge is 2.43. The van der Waals surface area contributed by atoms with Crippen molar-refractivity contribution in [1.29, 1.82) is 0 Å². The van der Waals surface area contributed by atoms with Gasteiger partial charge in [0.1, 0.15) is 5.60 Å². The fourth-order valence-electron chi connectivity index (χ4n) is 4.39. The van der Waals surface area contributed by atoms with Gasteiger partial charge in [0.2, 0.25) is 5.82 Å². The van der Waals surface area contributed by atoms with E-state index in [2.05, 4.69) is 15.0 Å². The first kappa shape index (κ1) is 24.7. The van der Waals surface area contributed by atoms with E-state index in [9.17, 15) is 37.8 Å². The Morgan fingerprint density at radius 2 is 2.03 bits per heavy atom. The van der Waals surface area contributed by atoms with Gasteiger partial charge in [-0.2, -0.15) is 13.2 Å². The highest BCUT2D eigenvalue weighted by Crippen LogP contribution is 2.33. The van der Waals surface area contributed by atoms with Crippen LogP contribution in [-0.4, -0.2) is 65.3 Å². The van der Waals surface area contributed by atoms with E-state index in [4.69, 9.17) is 0 Å². The molecule has 1 aliphatic carbocycles. The van der Waals surface area contributed by atoms with Crippen LogP contribution in [0, 0.1) is 6.92 Å². The van der Waals surface area contributed by atoms with E-state index in [-0.39, 0.29) is 41.5 Å². The van der Waals surface area contributed by atoms with Crippen molar-refractivity contribution < 1.29 is 28.2 Å². The maximum Gasteiger partial charge on any atom is 0.449 e. The van der Waals surface area contributed by atoms with E-state index in [1.807, 2.05) is 0 Å². The molecule has 3 atom stereocenters. The molecule has 0 radical (unpaired) electrons. The van der Waals surface area contributed by atoms with Gasteiger partial charge >= 0.3 is 11.9 Å². The van der Waals surface area contributed by atoms with Crippen LogP contribution in [0.15, 0.2) is 34.0 Å². The Balaban J connectivity index is 1.48. The van der Waals surface area contributed by atoms with Gasteiger partial charge in [0, 0.05) is 30.4 Å². The Hall–Kier alpha value is -3.45. The zero-order chi connectivity index (χ0) is 25.7. The third kappa shape index (κ3) is 4.73. The maximum atomic E-state index is 13.0. The zero-order valence-electron chi connectivity index (χ0n) is 18.9. The van der Waals surface area contributed by atoms with Crippen LogP contribution >= 0.6 is 0 Å². The van der Waals surface area contributed by atoms with Crippen LogP contribution in [0.25, 0.3) is 11.0 Å². The largest absolute Gasteiger partial charge is 0.449 e. The summed E-state index contributed by atoms with van der Waals surface area (Å²) < 4.78 is 39.8. The molecule has 35 heavy (non-hydrogen) atoms. The van der Waals surface area contributed by atoms with E-state index >= 15 is 0 Å². The first-order valence-electron chi connectivity index (χ1n) is 10.8. The summed E-state index contributed by atoms with van der Waals surface area (Å²) in [5.74, 6) is -1.62. The van der Waals surface area contributed by atoms with Crippen LogP contribution in [0.4, 0.5) is 13.2 Å². The van der Waals surface area contributed by atoms with Gasteiger partial charge in [-0.25, -0.2) is 9.78 Å². The number of benzene rings is 1. The molecular formula is C22H24F3N5O5. The number of hydrogen-bond acceptors (Lipinski definition) is 6. The molecule has 1 amide bonds. The monoisotopic (exact) mass is 495 g/mol. The second-order valence-corrected chi connectivity index (χ2v) is 8.98. The summed E-state index contributed by atoms with van der Waals surface area (Å²) in [6.07, 6.45) is -4.23. The van der Waals surface area contributed by atoms with E-state index in [0.29, 0.717) is 6.42 Å². The van der Waals surface area contributed by atoms with Gasteiger partial charge in [-0.3, -0.25) is 19.1 Å². The molecule has 1 aromatic carbocycles. The Labute approximate surface area is 196 Å². The predicted molar refractivity (Wildman–Crippen MR) is 118 cm³/mol. The van der Waals surface area contributed by atoms with E-state index in [1.165, 1.54) is 43.3 Å². The van der Waals surface area contributed by atoms with Crippen LogP contribution in [0.5, 0.6) is 0 Å². The molecule has 4 rings (SSSR count). The fourth-order valence-corrected chi connectivity index (χ4v) is 4.39. The van der Waals surface area contributed by atoms with E-state index < -0.39 is 46.9 Å². The third-order valence-corrected chi connectivity index (χ3v) is 6.52. The average Bonchev–Trinajstić information content (AvgIpc) is 3.22. The smallest absolute Gasteiger partial charge is 0.390 e. The predicted octanol–water partition coefficient (Wildman–Crippen LogP) is 1.16. The minimum Gasteiger partial charge on any atom is -0.390 e. The number of amides is 1. The standard InChI is InChI=1S/C22H24F3N5O5/c1-11-9-30(20(34)28-17(11)32)10-21(35)6-5-13(8-16(21)31)29(2)18(33)12-3-4-14-15(7-12)27-19(26-14)22(23,24)25/h3-4,7,9,13,16,31,35H,5-6,8,10H2,1-2H3,(H,26,27)(H,28,32,34)/t13-,16+,21+/m0/s1. The number of aliphatic hydroxyl groups is 2. The Kier molecular flexibility index (Phi) is 6.09. The molecule has 13 heteroatoms. The Morgan fingerprint density at radius 3 is 2.69 bits per heavy atom. The number of aryl methyl sites for hydroxylation is 1. The normalized spacial score (nSPS) is 22.9. The molecule has 0 spiro atoms. The number of nitrogens with zero attached hydrogens (tertiary/aromatic N) is 3. The Bertz CT molecular complexity index is 1390. The molecule has 4 N–H and O–H groups in total. The number of imidazole rings is 1. The molecule has 0 unspecified atom stereocenters. The number of rotatable bonds is 4. The van der Waals surface area contributed by atoms with Crippen LogP contribution in [0.3, 0.4) is 0 Å². The van der Waals surface area contributed by atoms with Crippen molar-refractivity contribution in [3.8, 4) is 0 Å². The van der Waals surface area contributed by atoms with Gasteiger partial charge in [-0.15, -0.1) is 0 Å². The summed E-state index contributed by atoms with van der Waals surface area (Å²) in [6.45, 7) is 1.27. The molecule has 3 aromatic rings. The SMILES string of the molecule is Cc1cn(C[C@]2(O)CC[C@H](N(C)C(=O)c3ccc4nc(C(F)(F)F)[nH]c4c3)C[C@H]2O)c(=O)[nH]c1=O. The fraction of sp³-hybridized carbons (Fsp3) is 0.455. The number of aromatic amines is 2. The topological polar surface area (TPSA) is 144 Å². The molecule has 1 fully saturated rings. The molecule has 1 saturated carbocycles. The molecule has 2 aromatic heterocycles. The zero-order valence-corrected chi connectivity index (χ0v) is 18.9. The van der Waals surface area contributed by atoms with Gasteiger partial charge in [0.15, 0.2) is 0 Å². The number of hydrogen-bond donors (Lipinski definition) is 4. The quantitative estimate of drug-likeness (QED) is 0.428. The number of H-pyrrole nitrogens is 2. The summed E-state index contributed by atoms with van der Waals surface area (Å²) in [5, 5.41) is 21.7. The van der Waals surface area contributed by atoms with Crippen molar-refractivity contribution in [1.82, 2.24) is 24.4 Å². The molecule has 1 aliphatic rings. The highest BCUT2D eigenvalue weighted by atomic mass is 19.4. The summed E-state index contributed by atoms with van der Waals surface area (Å²) in [6, 6.07) is 3.52. The molecule has 0 saturated heterocycles. The van der Waals surface area contributed by atoms with Crippen molar-refractivity contribution in [3.05, 3.63) is 62.2 Å². The summed E-state index contributed by atoms with van der Waals surface area (Å²) >= 11 is 0. The van der Waals surface area contributed by atoms with Gasteiger partial charge in [-0.1, -0.05) is 0 Å². The number of nitrogens with one attached hydrogen (secondary N) is 2. The van der Waals surface area contributed by atoms with Crippen molar-refractivity contribution in [2.75, 3.05) is 7.05 Å². The van der Waals surface area contributed by atoms with Crippen molar-refractivity contribution >= 4 is 16.9 Å². The lowest BCUT2D eigenvalue weighted by molar-refractivity contribution is -0.144. The van der Waals surface area contributed by atoms with Gasteiger partial charge < -0.3 is 20.1 Å². The molecule has 10 nitrogen and oxygen atoms in total. The number of carbonyl (C=O) groups excluding carboxylic acids is 1. The van der Waals surface area contributed by atoms with Crippen LogP contribution < -0.4 is 11.2 Å². The number of halogens is 3. The van der Waals surface area contributed by atoms with Gasteiger partial charge in [0.05, 0.1) is 23.7 Å². The number of aromatic nitrogens is 4. The minimum absolute atomic E-state index is 0.0142. The second-order valence-electron chi connectivity index (χ2n) is 8.98. The minimum atomic E-state index is -4.64. The van der Waals surface area contributed by atoms with Crippen LogP contribution in [-0.2, 0) is 12.7 Å². The molecule has 2 heterocycles. The molecule has 188 valence electrons. The average molecular weight is 495 g/mol. The Morgan fingerprint density at radius 1 is 1.31 bits per heavy atom. The first-order valence-corrected chi connectivity index (χ1v) is 10.8. The summed E-state index contributed by atoms with van der Waals surface area (Å²) in [7, 11) is 1.51. The van der Waals surface area contributed by atoms with Crippen LogP contribution in [0.1, 0.15) is 41.0 Å². The van der Waals surface area contributed by atoms with E-state index in [0.717, 1.165) is 4.57 Å². The van der Waals surface area contributed by atoms with E-state index in [1.54, 1.807) is 0 Å². The van der Waals surface area contributed by atoms with Crippen molar-refractivity contribution in [2.24, 2.45) is 0 Å². The maximum absolute atomic E-state index is 13.0. The molecule has 0 aliphatic heterocycles. The highest BCUT2D eigenvalue weighted by molar-refractivity contribution is 5.97. The van der Waals surface area contributed by atoms with Gasteiger partial charge in [0.25, 0.3) is 11.5 Å².